The average Bonchev–Trinajstić information content (AvgIpc) is 2.44. The van der Waals surface area contributed by atoms with Gasteiger partial charge >= 0.3 is 0 Å². The van der Waals surface area contributed by atoms with Crippen LogP contribution >= 0.6 is 23.4 Å². The van der Waals surface area contributed by atoms with Gasteiger partial charge in [0.1, 0.15) is 5.82 Å². The molecule has 0 aliphatic carbocycles. The van der Waals surface area contributed by atoms with Crippen LogP contribution in [0.2, 0.25) is 5.02 Å². The van der Waals surface area contributed by atoms with E-state index in [-0.39, 0.29) is 10.7 Å². The molecule has 0 aromatic carbocycles. The zero-order valence-corrected chi connectivity index (χ0v) is 14.4. The predicted molar refractivity (Wildman–Crippen MR) is 90.5 cm³/mol. The number of thioether (sulfide) groups is 1. The molecule has 0 unspecified atom stereocenters. The molecule has 0 bridgehead atoms. The average molecular weight is 328 g/mol. The first-order chi connectivity index (χ1) is 9.93. The van der Waals surface area contributed by atoms with Crippen LogP contribution in [0.1, 0.15) is 37.6 Å². The van der Waals surface area contributed by atoms with E-state index < -0.39 is 0 Å². The molecule has 1 saturated heterocycles. The van der Waals surface area contributed by atoms with E-state index >= 15 is 0 Å². The minimum absolute atomic E-state index is 0.00433. The van der Waals surface area contributed by atoms with Crippen LogP contribution in [-0.4, -0.2) is 45.9 Å². The summed E-state index contributed by atoms with van der Waals surface area (Å²) < 4.78 is 0.0940. The summed E-state index contributed by atoms with van der Waals surface area (Å²) in [4.78, 5) is 18.8. The molecule has 0 radical (unpaired) electrons. The van der Waals surface area contributed by atoms with Crippen LogP contribution in [0.4, 0.5) is 5.82 Å². The molecule has 1 amide bonds. The van der Waals surface area contributed by atoms with Gasteiger partial charge in [0.2, 0.25) is 0 Å². The Balaban J connectivity index is 2.17. The molecular formula is C15H22ClN3OS. The number of anilines is 1. The van der Waals surface area contributed by atoms with E-state index in [1.54, 1.807) is 12.3 Å². The smallest absolute Gasteiger partial charge is 0.255 e. The van der Waals surface area contributed by atoms with Gasteiger partial charge in [0.15, 0.2) is 0 Å². The summed E-state index contributed by atoms with van der Waals surface area (Å²) in [7, 11) is 0. The molecule has 21 heavy (non-hydrogen) atoms. The molecule has 2 heterocycles. The van der Waals surface area contributed by atoms with Crippen molar-refractivity contribution in [2.24, 2.45) is 0 Å². The highest BCUT2D eigenvalue weighted by atomic mass is 35.5. The number of carbonyl (C=O) groups is 1. The van der Waals surface area contributed by atoms with Crippen molar-refractivity contribution < 1.29 is 4.79 Å². The second kappa shape index (κ2) is 6.88. The maximum absolute atomic E-state index is 12.7. The SMILES string of the molecule is CCCNc1cc(C(=O)N2CCSC(C)(C)C2)c(Cl)cn1. The molecule has 1 aliphatic rings. The fourth-order valence-electron chi connectivity index (χ4n) is 2.31. The van der Waals surface area contributed by atoms with Crippen LogP contribution in [0.15, 0.2) is 12.3 Å². The molecule has 1 N–H and O–H groups in total. The molecule has 4 nitrogen and oxygen atoms in total. The Kier molecular flexibility index (Phi) is 5.38. The van der Waals surface area contributed by atoms with Crippen LogP contribution in [0.25, 0.3) is 0 Å². The van der Waals surface area contributed by atoms with Crippen LogP contribution in [0.5, 0.6) is 0 Å². The Morgan fingerprint density at radius 1 is 1.57 bits per heavy atom. The Morgan fingerprint density at radius 2 is 2.33 bits per heavy atom. The largest absolute Gasteiger partial charge is 0.370 e. The monoisotopic (exact) mass is 327 g/mol. The summed E-state index contributed by atoms with van der Waals surface area (Å²) >= 11 is 8.08. The molecule has 6 heteroatoms. The molecule has 0 spiro atoms. The molecule has 1 aliphatic heterocycles. The van der Waals surface area contributed by atoms with E-state index in [2.05, 4.69) is 31.1 Å². The van der Waals surface area contributed by atoms with Crippen molar-refractivity contribution in [2.75, 3.05) is 30.7 Å². The highest BCUT2D eigenvalue weighted by molar-refractivity contribution is 8.00. The lowest BCUT2D eigenvalue weighted by Crippen LogP contribution is -2.46. The van der Waals surface area contributed by atoms with Gasteiger partial charge in [-0.15, -0.1) is 0 Å². The van der Waals surface area contributed by atoms with E-state index in [1.807, 2.05) is 16.7 Å². The van der Waals surface area contributed by atoms with E-state index in [0.29, 0.717) is 16.4 Å². The molecule has 116 valence electrons. The number of nitrogens with zero attached hydrogens (tertiary/aromatic N) is 2. The maximum atomic E-state index is 12.7. The van der Waals surface area contributed by atoms with E-state index in [0.717, 1.165) is 31.8 Å². The van der Waals surface area contributed by atoms with Crippen molar-refractivity contribution >= 4 is 35.1 Å². The van der Waals surface area contributed by atoms with Gasteiger partial charge in [-0.1, -0.05) is 18.5 Å². The highest BCUT2D eigenvalue weighted by Gasteiger charge is 2.31. The Morgan fingerprint density at radius 3 is 3.00 bits per heavy atom. The number of amides is 1. The molecule has 1 aromatic rings. The fraction of sp³-hybridized carbons (Fsp3) is 0.600. The zero-order valence-electron chi connectivity index (χ0n) is 12.8. The number of hydrogen-bond donors (Lipinski definition) is 1. The van der Waals surface area contributed by atoms with Gasteiger partial charge in [-0.25, -0.2) is 4.98 Å². The number of nitrogens with one attached hydrogen (secondary N) is 1. The van der Waals surface area contributed by atoms with Crippen LogP contribution < -0.4 is 5.32 Å². The van der Waals surface area contributed by atoms with Gasteiger partial charge in [-0.3, -0.25) is 4.79 Å². The molecule has 1 aromatic heterocycles. The van der Waals surface area contributed by atoms with Crippen molar-refractivity contribution in [1.82, 2.24) is 9.88 Å². The lowest BCUT2D eigenvalue weighted by molar-refractivity contribution is 0.0748. The summed E-state index contributed by atoms with van der Waals surface area (Å²) in [6.07, 6.45) is 2.56. The van der Waals surface area contributed by atoms with Crippen molar-refractivity contribution in [3.63, 3.8) is 0 Å². The van der Waals surface area contributed by atoms with Gasteiger partial charge in [0, 0.05) is 36.3 Å². The first-order valence-electron chi connectivity index (χ1n) is 7.25. The molecule has 0 saturated carbocycles. The molecule has 2 rings (SSSR count). The van der Waals surface area contributed by atoms with Crippen molar-refractivity contribution in [1.29, 1.82) is 0 Å². The van der Waals surface area contributed by atoms with Crippen LogP contribution in [0, 0.1) is 0 Å². The second-order valence-corrected chi connectivity index (χ2v) is 8.02. The summed E-state index contributed by atoms with van der Waals surface area (Å²) in [6, 6.07) is 1.76. The van der Waals surface area contributed by atoms with E-state index in [4.69, 9.17) is 11.6 Å². The lowest BCUT2D eigenvalue weighted by Gasteiger charge is -2.37. The van der Waals surface area contributed by atoms with Crippen molar-refractivity contribution in [3.8, 4) is 0 Å². The lowest BCUT2D eigenvalue weighted by atomic mass is 10.1. The van der Waals surface area contributed by atoms with Crippen molar-refractivity contribution in [3.05, 3.63) is 22.8 Å². The number of hydrogen-bond acceptors (Lipinski definition) is 4. The highest BCUT2D eigenvalue weighted by Crippen LogP contribution is 2.31. The molecule has 0 atom stereocenters. The quantitative estimate of drug-likeness (QED) is 0.919. The standard InChI is InChI=1S/C15H22ClN3OS/c1-4-5-17-13-8-11(12(16)9-18-13)14(20)19-6-7-21-15(2,3)10-19/h8-9H,4-7,10H2,1-3H3,(H,17,18). The summed E-state index contributed by atoms with van der Waals surface area (Å²) in [5, 5.41) is 3.61. The van der Waals surface area contributed by atoms with Gasteiger partial charge < -0.3 is 10.2 Å². The Labute approximate surface area is 135 Å². The fourth-order valence-corrected chi connectivity index (χ4v) is 3.61. The number of pyridine rings is 1. The number of carbonyl (C=O) groups excluding carboxylic acids is 1. The Hall–Kier alpha value is -0.940. The maximum Gasteiger partial charge on any atom is 0.255 e. The first kappa shape index (κ1) is 16.4. The minimum Gasteiger partial charge on any atom is -0.370 e. The van der Waals surface area contributed by atoms with E-state index in [9.17, 15) is 4.79 Å². The summed E-state index contributed by atoms with van der Waals surface area (Å²) in [5.41, 5.74) is 0.535. The van der Waals surface area contributed by atoms with Crippen LogP contribution in [-0.2, 0) is 0 Å². The van der Waals surface area contributed by atoms with E-state index in [1.165, 1.54) is 0 Å². The Bertz CT molecular complexity index is 522. The number of aromatic nitrogens is 1. The van der Waals surface area contributed by atoms with Gasteiger partial charge in [0.05, 0.1) is 10.6 Å². The molecule has 1 fully saturated rings. The number of rotatable bonds is 4. The number of halogens is 1. The topological polar surface area (TPSA) is 45.2 Å². The van der Waals surface area contributed by atoms with Gasteiger partial charge in [-0.05, 0) is 26.3 Å². The third-order valence-corrected chi connectivity index (χ3v) is 4.95. The van der Waals surface area contributed by atoms with Crippen LogP contribution in [0.3, 0.4) is 0 Å². The normalized spacial score (nSPS) is 17.6. The zero-order chi connectivity index (χ0) is 15.5. The predicted octanol–water partition coefficient (Wildman–Crippen LogP) is 3.52. The summed E-state index contributed by atoms with van der Waals surface area (Å²) in [6.45, 7) is 8.76. The van der Waals surface area contributed by atoms with Crippen molar-refractivity contribution in [2.45, 2.75) is 31.9 Å². The third kappa shape index (κ3) is 4.27. The van der Waals surface area contributed by atoms with Gasteiger partial charge in [0.25, 0.3) is 5.91 Å². The first-order valence-corrected chi connectivity index (χ1v) is 8.62. The second-order valence-electron chi connectivity index (χ2n) is 5.81. The molecular weight excluding hydrogens is 306 g/mol. The minimum atomic E-state index is -0.00433. The third-order valence-electron chi connectivity index (χ3n) is 3.35. The summed E-state index contributed by atoms with van der Waals surface area (Å²) in [5.74, 6) is 1.66. The van der Waals surface area contributed by atoms with Gasteiger partial charge in [-0.2, -0.15) is 11.8 Å².